The van der Waals surface area contributed by atoms with Gasteiger partial charge < -0.3 is 14.9 Å². The van der Waals surface area contributed by atoms with Gasteiger partial charge in [0.15, 0.2) is 9.84 Å². The molecule has 4 rings (SSSR count). The molecular formula is C33H32Cl2F2N2O7S. The molecule has 0 amide bonds. The third-order valence-electron chi connectivity index (χ3n) is 7.49. The van der Waals surface area contributed by atoms with Crippen molar-refractivity contribution in [2.24, 2.45) is 0 Å². The Morgan fingerprint density at radius 1 is 0.957 bits per heavy atom. The number of aliphatic carboxylic acids is 1. The average Bonchev–Trinajstić information content (AvgIpc) is 3.41. The molecular weight excluding hydrogens is 677 g/mol. The number of carbonyl (C=O) groups is 2. The zero-order valence-electron chi connectivity index (χ0n) is 26.1. The monoisotopic (exact) mass is 708 g/mol. The van der Waals surface area contributed by atoms with E-state index in [0.29, 0.717) is 21.4 Å². The summed E-state index contributed by atoms with van der Waals surface area (Å²) >= 11 is 13.1. The maximum absolute atomic E-state index is 16.0. The number of hydrogen-bond acceptors (Lipinski definition) is 7. The molecule has 0 aliphatic carbocycles. The van der Waals surface area contributed by atoms with Crippen molar-refractivity contribution in [1.29, 1.82) is 0 Å². The second-order valence-corrected chi connectivity index (χ2v) is 14.8. The van der Waals surface area contributed by atoms with Crippen molar-refractivity contribution in [3.05, 3.63) is 99.1 Å². The molecule has 14 heteroatoms. The third-order valence-corrected chi connectivity index (χ3v) is 9.29. The van der Waals surface area contributed by atoms with Crippen LogP contribution in [0, 0.1) is 11.6 Å². The topological polar surface area (TPSA) is 136 Å². The predicted octanol–water partition coefficient (Wildman–Crippen LogP) is 6.99. The number of halogens is 4. The minimum atomic E-state index is -4.06. The Bertz CT molecular complexity index is 1970. The second-order valence-electron chi connectivity index (χ2n) is 12.0. The molecule has 47 heavy (non-hydrogen) atoms. The summed E-state index contributed by atoms with van der Waals surface area (Å²) in [5.41, 5.74) is -1.86. The van der Waals surface area contributed by atoms with Gasteiger partial charge in [-0.1, -0.05) is 35.3 Å². The number of sulfone groups is 1. The van der Waals surface area contributed by atoms with Crippen LogP contribution in [0.1, 0.15) is 63.2 Å². The first-order valence-electron chi connectivity index (χ1n) is 14.2. The molecule has 0 atom stereocenters. The SMILES string of the molecule is CC(C)(O)c1cn(-c2ccc(-c3cc(F)c(COC(=O)CCC(=O)O)c(S(C)(=O)=O)c3)cc2F)c(C(C)(C)c2c(Cl)cccc2Cl)n1. The predicted molar refractivity (Wildman–Crippen MR) is 173 cm³/mol. The number of esters is 1. The Labute approximate surface area is 280 Å². The fraction of sp³-hybridized carbons (Fsp3) is 0.303. The van der Waals surface area contributed by atoms with E-state index in [4.69, 9.17) is 33.0 Å². The molecule has 0 aliphatic rings. The van der Waals surface area contributed by atoms with E-state index < -0.39 is 74.3 Å². The number of hydrogen-bond donors (Lipinski definition) is 2. The van der Waals surface area contributed by atoms with Gasteiger partial charge in [0.1, 0.15) is 29.7 Å². The maximum atomic E-state index is 16.0. The number of carboxylic acid groups (broad SMARTS) is 1. The van der Waals surface area contributed by atoms with Crippen LogP contribution in [0.15, 0.2) is 59.6 Å². The second kappa shape index (κ2) is 13.3. The first-order chi connectivity index (χ1) is 21.7. The molecule has 1 heterocycles. The minimum Gasteiger partial charge on any atom is -0.481 e. The van der Waals surface area contributed by atoms with E-state index in [1.165, 1.54) is 36.7 Å². The summed E-state index contributed by atoms with van der Waals surface area (Å²) in [7, 11) is -4.06. The molecule has 0 bridgehead atoms. The molecule has 0 saturated heterocycles. The van der Waals surface area contributed by atoms with Crippen molar-refractivity contribution >= 4 is 45.0 Å². The fourth-order valence-electron chi connectivity index (χ4n) is 5.07. The molecule has 2 N–H and O–H groups in total. The van der Waals surface area contributed by atoms with Gasteiger partial charge in [-0.15, -0.1) is 0 Å². The molecule has 250 valence electrons. The first-order valence-corrected chi connectivity index (χ1v) is 16.8. The summed E-state index contributed by atoms with van der Waals surface area (Å²) in [6, 6.07) is 11.1. The zero-order valence-corrected chi connectivity index (χ0v) is 28.4. The highest BCUT2D eigenvalue weighted by molar-refractivity contribution is 7.90. The van der Waals surface area contributed by atoms with E-state index in [0.717, 1.165) is 24.5 Å². The van der Waals surface area contributed by atoms with Gasteiger partial charge in [0.2, 0.25) is 0 Å². The van der Waals surface area contributed by atoms with Crippen molar-refractivity contribution in [2.75, 3.05) is 6.26 Å². The Hall–Kier alpha value is -3.84. The number of benzene rings is 3. The van der Waals surface area contributed by atoms with Crippen LogP contribution in [0.4, 0.5) is 8.78 Å². The van der Waals surface area contributed by atoms with Crippen LogP contribution in [0.3, 0.4) is 0 Å². The van der Waals surface area contributed by atoms with Crippen molar-refractivity contribution in [3.63, 3.8) is 0 Å². The smallest absolute Gasteiger partial charge is 0.306 e. The third kappa shape index (κ3) is 7.83. The summed E-state index contributed by atoms with van der Waals surface area (Å²) < 4.78 is 63.0. The maximum Gasteiger partial charge on any atom is 0.306 e. The summed E-state index contributed by atoms with van der Waals surface area (Å²) in [5, 5.41) is 20.2. The number of carboxylic acids is 1. The quantitative estimate of drug-likeness (QED) is 0.159. The molecule has 9 nitrogen and oxygen atoms in total. The van der Waals surface area contributed by atoms with E-state index in [-0.39, 0.29) is 22.5 Å². The lowest BCUT2D eigenvalue weighted by Crippen LogP contribution is -2.25. The molecule has 0 radical (unpaired) electrons. The lowest BCUT2D eigenvalue weighted by atomic mass is 9.83. The lowest BCUT2D eigenvalue weighted by molar-refractivity contribution is -0.148. The van der Waals surface area contributed by atoms with Crippen LogP contribution in [0.2, 0.25) is 10.0 Å². The van der Waals surface area contributed by atoms with E-state index in [1.54, 1.807) is 32.0 Å². The van der Waals surface area contributed by atoms with E-state index in [2.05, 4.69) is 4.98 Å². The van der Waals surface area contributed by atoms with Gasteiger partial charge in [-0.25, -0.2) is 22.2 Å². The molecule has 3 aromatic carbocycles. The van der Waals surface area contributed by atoms with Crippen LogP contribution in [-0.4, -0.2) is 46.4 Å². The highest BCUT2D eigenvalue weighted by Gasteiger charge is 2.36. The molecule has 0 unspecified atom stereocenters. The van der Waals surface area contributed by atoms with E-state index in [1.807, 2.05) is 0 Å². The van der Waals surface area contributed by atoms with Crippen LogP contribution in [0.25, 0.3) is 16.8 Å². The Balaban J connectivity index is 1.80. The van der Waals surface area contributed by atoms with Crippen LogP contribution in [0.5, 0.6) is 0 Å². The molecule has 4 aromatic rings. The van der Waals surface area contributed by atoms with Crippen LogP contribution < -0.4 is 0 Å². The van der Waals surface area contributed by atoms with E-state index >= 15 is 8.78 Å². The van der Waals surface area contributed by atoms with E-state index in [9.17, 15) is 23.1 Å². The van der Waals surface area contributed by atoms with Gasteiger partial charge in [0.05, 0.1) is 34.5 Å². The Kier molecular flexibility index (Phi) is 10.2. The highest BCUT2D eigenvalue weighted by atomic mass is 35.5. The van der Waals surface area contributed by atoms with Gasteiger partial charge in [0.25, 0.3) is 0 Å². The van der Waals surface area contributed by atoms with Crippen molar-refractivity contribution in [1.82, 2.24) is 9.55 Å². The summed E-state index contributed by atoms with van der Waals surface area (Å²) in [4.78, 5) is 26.8. The van der Waals surface area contributed by atoms with Crippen LogP contribution in [-0.2, 0) is 41.8 Å². The van der Waals surface area contributed by atoms with Crippen molar-refractivity contribution in [3.8, 4) is 16.8 Å². The van der Waals surface area contributed by atoms with Gasteiger partial charge >= 0.3 is 11.9 Å². The number of carbonyl (C=O) groups excluding carboxylic acids is 1. The zero-order chi connectivity index (χ0) is 35.1. The minimum absolute atomic E-state index is 0.0247. The normalized spacial score (nSPS) is 12.3. The molecule has 0 aliphatic heterocycles. The molecule has 0 saturated carbocycles. The van der Waals surface area contributed by atoms with Crippen LogP contribution >= 0.6 is 23.2 Å². The van der Waals surface area contributed by atoms with Gasteiger partial charge in [0, 0.05) is 33.6 Å². The van der Waals surface area contributed by atoms with Gasteiger partial charge in [-0.05, 0) is 75.2 Å². The van der Waals surface area contributed by atoms with Gasteiger partial charge in [-0.2, -0.15) is 0 Å². The average molecular weight is 710 g/mol. The Morgan fingerprint density at radius 3 is 2.13 bits per heavy atom. The molecule has 0 spiro atoms. The number of rotatable bonds is 11. The first kappa shape index (κ1) is 36.0. The standard InChI is InChI=1S/C33H32Cl2F2N2O7S/c1-32(2,30-21(34)7-6-8-22(30)35)31-38-27(33(3,4)43)16-39(31)25-10-9-18(13-24(25)37)19-14-23(36)20(26(15-19)47(5,44)45)17-46-29(42)12-11-28(40)41/h6-10,13-16,43H,11-12,17H2,1-5H3,(H,40,41). The number of aromatic nitrogens is 2. The van der Waals surface area contributed by atoms with Crippen molar-refractivity contribution < 1.29 is 41.7 Å². The number of ether oxygens (including phenoxy) is 1. The fourth-order valence-corrected chi connectivity index (χ4v) is 6.89. The highest BCUT2D eigenvalue weighted by Crippen LogP contribution is 2.42. The Morgan fingerprint density at radius 2 is 1.57 bits per heavy atom. The number of nitrogens with zero attached hydrogens (tertiary/aromatic N) is 2. The van der Waals surface area contributed by atoms with Crippen molar-refractivity contribution in [2.45, 2.75) is 63.1 Å². The summed E-state index contributed by atoms with van der Waals surface area (Å²) in [6.07, 6.45) is 1.35. The van der Waals surface area contributed by atoms with Gasteiger partial charge in [-0.3, -0.25) is 14.2 Å². The summed E-state index contributed by atoms with van der Waals surface area (Å²) in [5.74, 6) is -3.67. The molecule has 0 fully saturated rings. The lowest BCUT2D eigenvalue weighted by Gasteiger charge is -2.28. The summed E-state index contributed by atoms with van der Waals surface area (Å²) in [6.45, 7) is 5.93. The largest absolute Gasteiger partial charge is 0.481 e. The number of imidazole rings is 1. The molecule has 1 aromatic heterocycles. The number of aliphatic hydroxyl groups is 1.